The second-order valence-electron chi connectivity index (χ2n) is 4.56. The van der Waals surface area contributed by atoms with Crippen molar-refractivity contribution in [2.75, 3.05) is 13.7 Å². The zero-order chi connectivity index (χ0) is 14.9. The minimum Gasteiger partial charge on any atom is -0.480 e. The van der Waals surface area contributed by atoms with Crippen LogP contribution in [0.3, 0.4) is 0 Å². The highest BCUT2D eigenvalue weighted by Gasteiger charge is 2.40. The number of nitrogens with zero attached hydrogens (tertiary/aromatic N) is 1. The van der Waals surface area contributed by atoms with Crippen molar-refractivity contribution in [3.05, 3.63) is 33.8 Å². The van der Waals surface area contributed by atoms with E-state index in [9.17, 15) is 14.7 Å². The Hall–Kier alpha value is -1.30. The number of methoxy groups -OCH3 is 1. The lowest BCUT2D eigenvalue weighted by atomic mass is 10.1. The summed E-state index contributed by atoms with van der Waals surface area (Å²) in [7, 11) is 1.49. The lowest BCUT2D eigenvalue weighted by Crippen LogP contribution is -2.40. The van der Waals surface area contributed by atoms with Crippen LogP contribution >= 0.6 is 23.2 Å². The van der Waals surface area contributed by atoms with Crippen molar-refractivity contribution in [1.29, 1.82) is 0 Å². The second-order valence-corrected chi connectivity index (χ2v) is 5.44. The first kappa shape index (κ1) is 15.1. The van der Waals surface area contributed by atoms with Gasteiger partial charge in [0.1, 0.15) is 6.04 Å². The first-order valence-electron chi connectivity index (χ1n) is 5.95. The molecule has 2 rings (SSSR count). The van der Waals surface area contributed by atoms with Gasteiger partial charge in [0.15, 0.2) is 0 Å². The van der Waals surface area contributed by atoms with E-state index in [4.69, 9.17) is 27.9 Å². The fraction of sp³-hybridized carbons (Fsp3) is 0.385. The number of carbonyl (C=O) groups excluding carboxylic acids is 1. The van der Waals surface area contributed by atoms with Gasteiger partial charge in [-0.3, -0.25) is 4.79 Å². The van der Waals surface area contributed by atoms with Gasteiger partial charge in [0.05, 0.1) is 6.10 Å². The van der Waals surface area contributed by atoms with Crippen molar-refractivity contribution in [1.82, 2.24) is 4.90 Å². The summed E-state index contributed by atoms with van der Waals surface area (Å²) in [5, 5.41) is 9.86. The molecule has 108 valence electrons. The lowest BCUT2D eigenvalue weighted by molar-refractivity contribution is -0.141. The quantitative estimate of drug-likeness (QED) is 0.929. The molecule has 20 heavy (non-hydrogen) atoms. The van der Waals surface area contributed by atoms with Crippen molar-refractivity contribution in [3.8, 4) is 0 Å². The number of benzene rings is 1. The zero-order valence-corrected chi connectivity index (χ0v) is 12.2. The number of aliphatic carboxylic acids is 1. The Kier molecular flexibility index (Phi) is 4.52. The lowest BCUT2D eigenvalue weighted by Gasteiger charge is -2.21. The van der Waals surface area contributed by atoms with Crippen molar-refractivity contribution in [2.24, 2.45) is 0 Å². The molecule has 2 unspecified atom stereocenters. The number of hydrogen-bond acceptors (Lipinski definition) is 3. The molecule has 1 amide bonds. The first-order chi connectivity index (χ1) is 9.42. The van der Waals surface area contributed by atoms with Crippen LogP contribution in [0.25, 0.3) is 0 Å². The molecule has 1 N–H and O–H groups in total. The molecule has 1 aromatic carbocycles. The van der Waals surface area contributed by atoms with Gasteiger partial charge in [-0.1, -0.05) is 23.2 Å². The van der Waals surface area contributed by atoms with E-state index in [-0.39, 0.29) is 24.6 Å². The molecule has 0 aromatic heterocycles. The van der Waals surface area contributed by atoms with E-state index < -0.39 is 17.9 Å². The van der Waals surface area contributed by atoms with Gasteiger partial charge in [0, 0.05) is 35.7 Å². The van der Waals surface area contributed by atoms with E-state index in [1.54, 1.807) is 0 Å². The molecule has 1 aromatic rings. The number of ether oxygens (including phenoxy) is 1. The molecule has 1 saturated heterocycles. The first-order valence-corrected chi connectivity index (χ1v) is 6.70. The van der Waals surface area contributed by atoms with E-state index >= 15 is 0 Å². The van der Waals surface area contributed by atoms with Crippen LogP contribution in [0.2, 0.25) is 10.0 Å². The summed E-state index contributed by atoms with van der Waals surface area (Å²) in [5.74, 6) is -1.47. The highest BCUT2D eigenvalue weighted by molar-refractivity contribution is 6.35. The highest BCUT2D eigenvalue weighted by atomic mass is 35.5. The fourth-order valence-corrected chi connectivity index (χ4v) is 2.80. The van der Waals surface area contributed by atoms with Crippen molar-refractivity contribution in [3.63, 3.8) is 0 Å². The molecule has 0 spiro atoms. The molecule has 1 fully saturated rings. The summed E-state index contributed by atoms with van der Waals surface area (Å²) in [6.07, 6.45) is -0.0130. The van der Waals surface area contributed by atoms with Crippen LogP contribution in [0, 0.1) is 0 Å². The molecule has 0 bridgehead atoms. The highest BCUT2D eigenvalue weighted by Crippen LogP contribution is 2.25. The van der Waals surface area contributed by atoms with Gasteiger partial charge in [0.25, 0.3) is 5.91 Å². The monoisotopic (exact) mass is 317 g/mol. The van der Waals surface area contributed by atoms with E-state index in [0.29, 0.717) is 10.0 Å². The van der Waals surface area contributed by atoms with Gasteiger partial charge in [-0.2, -0.15) is 0 Å². The predicted octanol–water partition coefficient (Wildman–Crippen LogP) is 2.31. The van der Waals surface area contributed by atoms with E-state index in [1.165, 1.54) is 30.2 Å². The smallest absolute Gasteiger partial charge is 0.326 e. The minimum atomic E-state index is -1.05. The van der Waals surface area contributed by atoms with Crippen molar-refractivity contribution >= 4 is 35.1 Å². The zero-order valence-electron chi connectivity index (χ0n) is 10.7. The van der Waals surface area contributed by atoms with E-state index in [2.05, 4.69) is 0 Å². The molecule has 1 heterocycles. The molecule has 2 atom stereocenters. The Labute approximate surface area is 126 Å². The van der Waals surface area contributed by atoms with Crippen LogP contribution in [-0.2, 0) is 9.53 Å². The van der Waals surface area contributed by atoms with Gasteiger partial charge >= 0.3 is 5.97 Å². The number of carboxylic acid groups (broad SMARTS) is 1. The number of carbonyl (C=O) groups is 2. The van der Waals surface area contributed by atoms with Gasteiger partial charge < -0.3 is 14.7 Å². The van der Waals surface area contributed by atoms with Crippen LogP contribution in [-0.4, -0.2) is 47.7 Å². The minimum absolute atomic E-state index is 0.233. The van der Waals surface area contributed by atoms with Gasteiger partial charge in [-0.25, -0.2) is 4.79 Å². The summed E-state index contributed by atoms with van der Waals surface area (Å²) in [5.41, 5.74) is 0.269. The molecule has 7 heteroatoms. The third-order valence-corrected chi connectivity index (χ3v) is 3.69. The Morgan fingerprint density at radius 1 is 1.30 bits per heavy atom. The van der Waals surface area contributed by atoms with Gasteiger partial charge in [0.2, 0.25) is 0 Å². The summed E-state index contributed by atoms with van der Waals surface area (Å²) in [6.45, 7) is 0.233. The maximum absolute atomic E-state index is 12.4. The van der Waals surface area contributed by atoms with Crippen LogP contribution in [0.15, 0.2) is 18.2 Å². The number of rotatable bonds is 3. The van der Waals surface area contributed by atoms with Gasteiger partial charge in [-0.15, -0.1) is 0 Å². The van der Waals surface area contributed by atoms with E-state index in [0.717, 1.165) is 0 Å². The van der Waals surface area contributed by atoms with Crippen LogP contribution in [0.5, 0.6) is 0 Å². The molecule has 0 radical (unpaired) electrons. The van der Waals surface area contributed by atoms with Crippen molar-refractivity contribution in [2.45, 2.75) is 18.6 Å². The molecule has 1 aliphatic rings. The summed E-state index contributed by atoms with van der Waals surface area (Å²) >= 11 is 11.7. The number of amides is 1. The molecule has 0 aliphatic carbocycles. The Bertz CT molecular complexity index is 529. The second kappa shape index (κ2) is 5.99. The summed E-state index contributed by atoms with van der Waals surface area (Å²) in [6, 6.07) is 3.55. The Morgan fingerprint density at radius 2 is 1.90 bits per heavy atom. The SMILES string of the molecule is COC1CC(C(=O)O)N(C(=O)c2cc(Cl)cc(Cl)c2)C1. The van der Waals surface area contributed by atoms with Gasteiger partial charge in [-0.05, 0) is 18.2 Å². The number of carboxylic acids is 1. The Balaban J connectivity index is 2.28. The standard InChI is InChI=1S/C13H13Cl2NO4/c1-20-10-5-11(13(18)19)16(6-10)12(17)7-2-8(14)4-9(15)3-7/h2-4,10-11H,5-6H2,1H3,(H,18,19). The van der Waals surface area contributed by atoms with Crippen LogP contribution in [0.1, 0.15) is 16.8 Å². The summed E-state index contributed by atoms with van der Waals surface area (Å²) in [4.78, 5) is 24.9. The molecule has 0 saturated carbocycles. The average molecular weight is 318 g/mol. The third kappa shape index (κ3) is 3.06. The van der Waals surface area contributed by atoms with E-state index in [1.807, 2.05) is 0 Å². The molecular weight excluding hydrogens is 305 g/mol. The van der Waals surface area contributed by atoms with Crippen LogP contribution in [0.4, 0.5) is 0 Å². The number of hydrogen-bond donors (Lipinski definition) is 1. The maximum atomic E-state index is 12.4. The molecular formula is C13H13Cl2NO4. The third-order valence-electron chi connectivity index (χ3n) is 3.25. The topological polar surface area (TPSA) is 66.8 Å². The molecule has 1 aliphatic heterocycles. The number of likely N-dealkylation sites (tertiary alicyclic amines) is 1. The maximum Gasteiger partial charge on any atom is 0.326 e. The Morgan fingerprint density at radius 3 is 2.40 bits per heavy atom. The number of halogens is 2. The summed E-state index contributed by atoms with van der Waals surface area (Å²) < 4.78 is 5.15. The normalized spacial score (nSPS) is 22.1. The van der Waals surface area contributed by atoms with Crippen LogP contribution < -0.4 is 0 Å². The fourth-order valence-electron chi connectivity index (χ4n) is 2.27. The largest absolute Gasteiger partial charge is 0.480 e. The van der Waals surface area contributed by atoms with Crippen molar-refractivity contribution < 1.29 is 19.4 Å². The predicted molar refractivity (Wildman–Crippen MR) is 74.3 cm³/mol. The average Bonchev–Trinajstić information content (AvgIpc) is 2.81. The molecule has 5 nitrogen and oxygen atoms in total.